The second-order valence-electron chi connectivity index (χ2n) is 4.14. The number of pyridine rings is 1. The summed E-state index contributed by atoms with van der Waals surface area (Å²) < 4.78 is 18.6. The van der Waals surface area contributed by atoms with Crippen LogP contribution in [0.25, 0.3) is 0 Å². The molecule has 108 valence electrons. The topological polar surface area (TPSA) is 94.3 Å². The lowest BCUT2D eigenvalue weighted by atomic mass is 10.2. The second kappa shape index (κ2) is 6.58. The number of hydrazine groups is 1. The average molecular weight is 289 g/mol. The minimum atomic E-state index is -0.558. The third-order valence-corrected chi connectivity index (χ3v) is 2.63. The molecule has 2 aromatic rings. The van der Waals surface area contributed by atoms with E-state index in [1.165, 1.54) is 24.4 Å². The number of nitrogens with zero attached hydrogens (tertiary/aromatic N) is 1. The minimum absolute atomic E-state index is 0.0757. The summed E-state index contributed by atoms with van der Waals surface area (Å²) in [4.78, 5) is 25.9. The second-order valence-corrected chi connectivity index (χ2v) is 4.14. The van der Waals surface area contributed by atoms with Gasteiger partial charge in [0.15, 0.2) is 0 Å². The van der Waals surface area contributed by atoms with E-state index in [2.05, 4.69) is 4.98 Å². The van der Waals surface area contributed by atoms with Gasteiger partial charge >= 0.3 is 0 Å². The molecule has 6 nitrogen and oxygen atoms in total. The van der Waals surface area contributed by atoms with Gasteiger partial charge < -0.3 is 4.74 Å². The average Bonchev–Trinajstić information content (AvgIpc) is 2.52. The van der Waals surface area contributed by atoms with E-state index in [4.69, 9.17) is 10.6 Å². The van der Waals surface area contributed by atoms with Gasteiger partial charge in [-0.2, -0.15) is 0 Å². The number of aromatic nitrogens is 1. The maximum Gasteiger partial charge on any atom is 0.266 e. The Labute approximate surface area is 119 Å². The van der Waals surface area contributed by atoms with Crippen molar-refractivity contribution >= 4 is 12.2 Å². The predicted octanol–water partition coefficient (Wildman–Crippen LogP) is 1.22. The first kappa shape index (κ1) is 14.6. The van der Waals surface area contributed by atoms with E-state index >= 15 is 0 Å². The summed E-state index contributed by atoms with van der Waals surface area (Å²) in [6.45, 7) is 0.0757. The molecule has 0 saturated carbocycles. The highest BCUT2D eigenvalue weighted by Crippen LogP contribution is 2.16. The summed E-state index contributed by atoms with van der Waals surface area (Å²) in [6, 6.07) is 6.83. The lowest BCUT2D eigenvalue weighted by molar-refractivity contribution is 0.0953. The van der Waals surface area contributed by atoms with E-state index in [0.717, 1.165) is 6.07 Å². The summed E-state index contributed by atoms with van der Waals surface area (Å²) in [5, 5.41) is 0. The van der Waals surface area contributed by atoms with Gasteiger partial charge in [0.1, 0.15) is 24.5 Å². The van der Waals surface area contributed by atoms with E-state index < -0.39 is 11.7 Å². The number of hydrogen-bond donors (Lipinski definition) is 2. The van der Waals surface area contributed by atoms with Gasteiger partial charge in [-0.25, -0.2) is 10.2 Å². The summed E-state index contributed by atoms with van der Waals surface area (Å²) >= 11 is 0. The molecule has 2 rings (SSSR count). The Morgan fingerprint density at radius 3 is 2.81 bits per heavy atom. The third-order valence-electron chi connectivity index (χ3n) is 2.63. The zero-order chi connectivity index (χ0) is 15.2. The SMILES string of the molecule is NNC(=O)c1ccc(COc2cc(F)cc(C=O)c2)nc1. The van der Waals surface area contributed by atoms with Gasteiger partial charge in [0.25, 0.3) is 5.91 Å². The zero-order valence-corrected chi connectivity index (χ0v) is 10.9. The van der Waals surface area contributed by atoms with Crippen LogP contribution in [0.3, 0.4) is 0 Å². The van der Waals surface area contributed by atoms with Crippen LogP contribution in [0.1, 0.15) is 26.4 Å². The number of benzene rings is 1. The molecule has 0 saturated heterocycles. The molecule has 1 amide bonds. The lowest BCUT2D eigenvalue weighted by Gasteiger charge is -2.07. The van der Waals surface area contributed by atoms with Crippen LogP contribution in [0.5, 0.6) is 5.75 Å². The van der Waals surface area contributed by atoms with Crippen molar-refractivity contribution in [1.29, 1.82) is 0 Å². The van der Waals surface area contributed by atoms with Crippen molar-refractivity contribution in [3.05, 3.63) is 59.2 Å². The van der Waals surface area contributed by atoms with Crippen molar-refractivity contribution < 1.29 is 18.7 Å². The number of hydrogen-bond acceptors (Lipinski definition) is 5. The van der Waals surface area contributed by atoms with Gasteiger partial charge in [-0.15, -0.1) is 0 Å². The zero-order valence-electron chi connectivity index (χ0n) is 10.9. The smallest absolute Gasteiger partial charge is 0.266 e. The quantitative estimate of drug-likeness (QED) is 0.373. The molecule has 1 heterocycles. The monoisotopic (exact) mass is 289 g/mol. The van der Waals surface area contributed by atoms with E-state index in [-0.39, 0.29) is 17.9 Å². The molecule has 7 heteroatoms. The molecular formula is C14H12FN3O3. The number of carbonyl (C=O) groups excluding carboxylic acids is 2. The van der Waals surface area contributed by atoms with Crippen LogP contribution in [0.2, 0.25) is 0 Å². The summed E-state index contributed by atoms with van der Waals surface area (Å²) in [6.07, 6.45) is 1.89. The Kier molecular flexibility index (Phi) is 4.57. The molecule has 0 aliphatic rings. The fourth-order valence-electron chi connectivity index (χ4n) is 1.62. The van der Waals surface area contributed by atoms with Gasteiger partial charge in [0.2, 0.25) is 0 Å². The Hall–Kier alpha value is -2.80. The molecule has 0 spiro atoms. The maximum absolute atomic E-state index is 13.2. The molecule has 3 N–H and O–H groups in total. The van der Waals surface area contributed by atoms with Crippen molar-refractivity contribution in [2.75, 3.05) is 0 Å². The molecule has 1 aromatic carbocycles. The first-order valence-corrected chi connectivity index (χ1v) is 5.97. The van der Waals surface area contributed by atoms with Gasteiger partial charge in [0.05, 0.1) is 11.3 Å². The molecule has 0 unspecified atom stereocenters. The molecule has 0 bridgehead atoms. The number of aldehydes is 1. The van der Waals surface area contributed by atoms with Crippen LogP contribution in [0, 0.1) is 5.82 Å². The highest BCUT2D eigenvalue weighted by molar-refractivity contribution is 5.93. The number of rotatable bonds is 5. The van der Waals surface area contributed by atoms with Crippen LogP contribution in [-0.4, -0.2) is 17.2 Å². The molecule has 0 radical (unpaired) electrons. The first-order chi connectivity index (χ1) is 10.1. The summed E-state index contributed by atoms with van der Waals surface area (Å²) in [5.74, 6) is 4.22. The lowest BCUT2D eigenvalue weighted by Crippen LogP contribution is -2.30. The predicted molar refractivity (Wildman–Crippen MR) is 72.0 cm³/mol. The van der Waals surface area contributed by atoms with Crippen molar-refractivity contribution in [3.8, 4) is 5.75 Å². The molecule has 1 aromatic heterocycles. The van der Waals surface area contributed by atoms with Gasteiger partial charge in [-0.3, -0.25) is 20.0 Å². The van der Waals surface area contributed by atoms with Crippen LogP contribution < -0.4 is 16.0 Å². The third kappa shape index (κ3) is 3.83. The fourth-order valence-corrected chi connectivity index (χ4v) is 1.62. The van der Waals surface area contributed by atoms with Gasteiger partial charge in [0, 0.05) is 17.8 Å². The largest absolute Gasteiger partial charge is 0.487 e. The number of amides is 1. The number of ether oxygens (including phenoxy) is 1. The van der Waals surface area contributed by atoms with Gasteiger partial charge in [-0.05, 0) is 24.3 Å². The normalized spacial score (nSPS) is 10.0. The maximum atomic E-state index is 13.2. The summed E-state index contributed by atoms with van der Waals surface area (Å²) in [5.41, 5.74) is 3.04. The van der Waals surface area contributed by atoms with Crippen LogP contribution in [0.15, 0.2) is 36.5 Å². The highest BCUT2D eigenvalue weighted by Gasteiger charge is 2.05. The van der Waals surface area contributed by atoms with E-state index in [0.29, 0.717) is 17.5 Å². The molecule has 0 aliphatic heterocycles. The number of halogens is 1. The molecule has 0 fully saturated rings. The molecular weight excluding hydrogens is 277 g/mol. The Morgan fingerprint density at radius 2 is 2.19 bits per heavy atom. The minimum Gasteiger partial charge on any atom is -0.487 e. The van der Waals surface area contributed by atoms with Crippen LogP contribution in [0.4, 0.5) is 4.39 Å². The van der Waals surface area contributed by atoms with Crippen molar-refractivity contribution in [1.82, 2.24) is 10.4 Å². The van der Waals surface area contributed by atoms with Gasteiger partial charge in [-0.1, -0.05) is 0 Å². The Bertz CT molecular complexity index is 659. The van der Waals surface area contributed by atoms with Crippen LogP contribution >= 0.6 is 0 Å². The number of carbonyl (C=O) groups is 2. The van der Waals surface area contributed by atoms with E-state index in [1.807, 2.05) is 5.43 Å². The van der Waals surface area contributed by atoms with Crippen molar-refractivity contribution in [3.63, 3.8) is 0 Å². The van der Waals surface area contributed by atoms with E-state index in [1.54, 1.807) is 6.07 Å². The number of nitrogen functional groups attached to an aromatic ring is 1. The van der Waals surface area contributed by atoms with Crippen molar-refractivity contribution in [2.24, 2.45) is 5.84 Å². The van der Waals surface area contributed by atoms with Crippen molar-refractivity contribution in [2.45, 2.75) is 6.61 Å². The Morgan fingerprint density at radius 1 is 1.38 bits per heavy atom. The summed E-state index contributed by atoms with van der Waals surface area (Å²) in [7, 11) is 0. The highest BCUT2D eigenvalue weighted by atomic mass is 19.1. The first-order valence-electron chi connectivity index (χ1n) is 5.97. The van der Waals surface area contributed by atoms with Crippen LogP contribution in [-0.2, 0) is 6.61 Å². The Balaban J connectivity index is 2.04. The molecule has 0 aliphatic carbocycles. The molecule has 0 atom stereocenters. The molecule has 21 heavy (non-hydrogen) atoms. The van der Waals surface area contributed by atoms with E-state index in [9.17, 15) is 14.0 Å². The standard InChI is InChI=1S/C14H12FN3O3/c15-11-3-9(7-19)4-13(5-11)21-8-12-2-1-10(6-17-12)14(20)18-16/h1-7H,8,16H2,(H,18,20). The number of nitrogens with one attached hydrogen (secondary N) is 1. The number of nitrogens with two attached hydrogens (primary N) is 1. The fraction of sp³-hybridized carbons (Fsp3) is 0.0714.